The van der Waals surface area contributed by atoms with Gasteiger partial charge in [0.2, 0.25) is 0 Å². The van der Waals surface area contributed by atoms with Gasteiger partial charge >= 0.3 is 11.9 Å². The maximum atomic E-state index is 12.6. The van der Waals surface area contributed by atoms with Gasteiger partial charge in [0, 0.05) is 22.3 Å². The molecule has 0 heterocycles. The third-order valence-corrected chi connectivity index (χ3v) is 6.13. The molecule has 0 saturated carbocycles. The van der Waals surface area contributed by atoms with E-state index in [4.69, 9.17) is 0 Å². The van der Waals surface area contributed by atoms with Gasteiger partial charge in [-0.2, -0.15) is 0 Å². The number of carboxylic acid groups (broad SMARTS) is 2. The third kappa shape index (κ3) is 6.25. The van der Waals surface area contributed by atoms with Crippen LogP contribution in [0.15, 0.2) is 58.7 Å². The Balaban J connectivity index is 1.81. The lowest BCUT2D eigenvalue weighted by Crippen LogP contribution is -2.23. The van der Waals surface area contributed by atoms with Crippen molar-refractivity contribution in [3.8, 4) is 0 Å². The number of hydrogen-bond acceptors (Lipinski definition) is 4. The van der Waals surface area contributed by atoms with Crippen LogP contribution in [0.1, 0.15) is 66.2 Å². The normalized spacial score (nSPS) is 16.9. The van der Waals surface area contributed by atoms with Crippen molar-refractivity contribution in [3.05, 3.63) is 58.7 Å². The van der Waals surface area contributed by atoms with E-state index in [1.54, 1.807) is 64.2 Å². The number of carbonyl (C=O) groups excluding carboxylic acids is 2. The molecule has 2 aliphatic carbocycles. The number of ketones is 2. The van der Waals surface area contributed by atoms with Crippen LogP contribution in [0.5, 0.6) is 0 Å². The lowest BCUT2D eigenvalue weighted by Gasteiger charge is -2.18. The maximum Gasteiger partial charge on any atom is 0.309 e. The van der Waals surface area contributed by atoms with Gasteiger partial charge in [0.05, 0.1) is 10.8 Å². The Morgan fingerprint density at radius 1 is 0.719 bits per heavy atom. The molecule has 32 heavy (non-hydrogen) atoms. The van der Waals surface area contributed by atoms with E-state index >= 15 is 0 Å². The van der Waals surface area contributed by atoms with Crippen molar-refractivity contribution >= 4 is 23.5 Å². The van der Waals surface area contributed by atoms with E-state index in [0.29, 0.717) is 60.8 Å². The minimum absolute atomic E-state index is 0.0930. The molecule has 0 bridgehead atoms. The highest BCUT2D eigenvalue weighted by Gasteiger charge is 2.28. The summed E-state index contributed by atoms with van der Waals surface area (Å²) in [6.07, 6.45) is 13.5. The standard InChI is InChI=1S/C26H32O6/c1-25(2,23(29)30)15-5-7-17-9-11-19(21(17)27)13-14-20-12-10-18(22(20)28)8-6-16-26(3,4)24(31)32/h9-14H,5-8,15-16H2,1-4H3,(H,29,30)(H,31,32)/b14-13+. The minimum atomic E-state index is -0.848. The fraction of sp³-hybridized carbons (Fsp3) is 0.462. The molecule has 0 amide bonds. The van der Waals surface area contributed by atoms with Crippen molar-refractivity contribution in [1.29, 1.82) is 0 Å². The van der Waals surface area contributed by atoms with Crippen LogP contribution < -0.4 is 0 Å². The van der Waals surface area contributed by atoms with Gasteiger partial charge in [-0.15, -0.1) is 0 Å². The molecular formula is C26H32O6. The van der Waals surface area contributed by atoms with Gasteiger partial charge in [0.1, 0.15) is 0 Å². The molecule has 0 aromatic heterocycles. The SMILES string of the molecule is CC(C)(CCCC1=CC=C(/C=C/C2=CC=C(CCCC(C)(C)C(=O)O)C2=O)C1=O)C(=O)O. The summed E-state index contributed by atoms with van der Waals surface area (Å²) in [5.74, 6) is -1.88. The van der Waals surface area contributed by atoms with Crippen LogP contribution in [0.3, 0.4) is 0 Å². The molecule has 0 aliphatic heterocycles. The summed E-state index contributed by atoms with van der Waals surface area (Å²) in [5.41, 5.74) is 0.671. The predicted molar refractivity (Wildman–Crippen MR) is 122 cm³/mol. The van der Waals surface area contributed by atoms with E-state index < -0.39 is 22.8 Å². The van der Waals surface area contributed by atoms with E-state index in [0.717, 1.165) is 0 Å². The van der Waals surface area contributed by atoms with Gasteiger partial charge in [-0.3, -0.25) is 19.2 Å². The van der Waals surface area contributed by atoms with Crippen LogP contribution in [-0.2, 0) is 19.2 Å². The van der Waals surface area contributed by atoms with E-state index in [1.807, 2.05) is 0 Å². The average molecular weight is 441 g/mol. The Kier molecular flexibility index (Phi) is 7.94. The molecule has 0 saturated heterocycles. The van der Waals surface area contributed by atoms with Crippen molar-refractivity contribution < 1.29 is 29.4 Å². The highest BCUT2D eigenvalue weighted by Crippen LogP contribution is 2.29. The highest BCUT2D eigenvalue weighted by molar-refractivity contribution is 6.15. The topological polar surface area (TPSA) is 109 Å². The number of Topliss-reactive ketones (excluding diaryl/α,β-unsaturated/α-hetero) is 2. The Morgan fingerprint density at radius 2 is 1.06 bits per heavy atom. The molecule has 0 radical (unpaired) electrons. The van der Waals surface area contributed by atoms with E-state index in [2.05, 4.69) is 0 Å². The van der Waals surface area contributed by atoms with Crippen molar-refractivity contribution in [1.82, 2.24) is 0 Å². The maximum absolute atomic E-state index is 12.6. The third-order valence-electron chi connectivity index (χ3n) is 6.13. The van der Waals surface area contributed by atoms with E-state index in [1.165, 1.54) is 0 Å². The first-order valence-electron chi connectivity index (χ1n) is 10.9. The molecule has 0 aromatic carbocycles. The number of allylic oxidation sites excluding steroid dienone is 10. The number of rotatable bonds is 12. The monoisotopic (exact) mass is 440 g/mol. The van der Waals surface area contributed by atoms with Gasteiger partial charge in [0.25, 0.3) is 0 Å². The molecule has 2 N–H and O–H groups in total. The second-order valence-electron chi connectivity index (χ2n) is 9.70. The van der Waals surface area contributed by atoms with E-state index in [-0.39, 0.29) is 11.6 Å². The van der Waals surface area contributed by atoms with Crippen LogP contribution in [0.4, 0.5) is 0 Å². The molecule has 0 spiro atoms. The molecule has 0 unspecified atom stereocenters. The Labute approximate surface area is 189 Å². The highest BCUT2D eigenvalue weighted by atomic mass is 16.4. The molecule has 2 rings (SSSR count). The van der Waals surface area contributed by atoms with E-state index in [9.17, 15) is 29.4 Å². The van der Waals surface area contributed by atoms with Crippen molar-refractivity contribution in [2.45, 2.75) is 66.2 Å². The molecule has 0 fully saturated rings. The van der Waals surface area contributed by atoms with Crippen LogP contribution >= 0.6 is 0 Å². The molecule has 172 valence electrons. The molecule has 0 aromatic rings. The second-order valence-corrected chi connectivity index (χ2v) is 9.70. The first-order chi connectivity index (χ1) is 14.8. The number of carboxylic acids is 2. The van der Waals surface area contributed by atoms with Gasteiger partial charge in [0.15, 0.2) is 11.6 Å². The zero-order valence-corrected chi connectivity index (χ0v) is 19.2. The van der Waals surface area contributed by atoms with Crippen molar-refractivity contribution in [2.75, 3.05) is 0 Å². The summed E-state index contributed by atoms with van der Waals surface area (Å²) in [4.78, 5) is 47.5. The molecule has 2 aliphatic rings. The molecule has 6 nitrogen and oxygen atoms in total. The van der Waals surface area contributed by atoms with Crippen LogP contribution in [0.2, 0.25) is 0 Å². The number of aliphatic carboxylic acids is 2. The molecule has 0 atom stereocenters. The van der Waals surface area contributed by atoms with Crippen LogP contribution in [-0.4, -0.2) is 33.7 Å². The Bertz CT molecular complexity index is 888. The van der Waals surface area contributed by atoms with Crippen molar-refractivity contribution in [3.63, 3.8) is 0 Å². The zero-order chi connectivity index (χ0) is 24.1. The lowest BCUT2D eigenvalue weighted by atomic mass is 9.86. The first kappa shape index (κ1) is 25.2. The lowest BCUT2D eigenvalue weighted by molar-refractivity contribution is -0.148. The summed E-state index contributed by atoms with van der Waals surface area (Å²) in [7, 11) is 0. The first-order valence-corrected chi connectivity index (χ1v) is 10.9. The summed E-state index contributed by atoms with van der Waals surface area (Å²) in [6.45, 7) is 6.70. The predicted octanol–water partition coefficient (Wildman–Crippen LogP) is 4.98. The fourth-order valence-electron chi connectivity index (χ4n) is 3.55. The number of carbonyl (C=O) groups is 4. The average Bonchev–Trinajstić information content (AvgIpc) is 3.22. The smallest absolute Gasteiger partial charge is 0.309 e. The largest absolute Gasteiger partial charge is 0.481 e. The van der Waals surface area contributed by atoms with Crippen LogP contribution in [0.25, 0.3) is 0 Å². The van der Waals surface area contributed by atoms with Gasteiger partial charge < -0.3 is 10.2 Å². The second kappa shape index (κ2) is 10.1. The summed E-state index contributed by atoms with van der Waals surface area (Å²) in [6, 6.07) is 0. The van der Waals surface area contributed by atoms with Gasteiger partial charge in [-0.1, -0.05) is 36.5 Å². The van der Waals surface area contributed by atoms with Gasteiger partial charge in [-0.25, -0.2) is 0 Å². The summed E-state index contributed by atoms with van der Waals surface area (Å²) < 4.78 is 0. The fourth-order valence-corrected chi connectivity index (χ4v) is 3.55. The quantitative estimate of drug-likeness (QED) is 0.443. The molecular weight excluding hydrogens is 408 g/mol. The van der Waals surface area contributed by atoms with Crippen molar-refractivity contribution in [2.24, 2.45) is 10.8 Å². The number of hydrogen-bond donors (Lipinski definition) is 2. The Morgan fingerprint density at radius 3 is 1.38 bits per heavy atom. The summed E-state index contributed by atoms with van der Waals surface area (Å²) >= 11 is 0. The minimum Gasteiger partial charge on any atom is -0.481 e. The van der Waals surface area contributed by atoms with Gasteiger partial charge in [-0.05, 0) is 66.2 Å². The summed E-state index contributed by atoms with van der Waals surface area (Å²) in [5, 5.41) is 18.4. The Hall–Kier alpha value is -3.02. The zero-order valence-electron chi connectivity index (χ0n) is 19.2. The van der Waals surface area contributed by atoms with Crippen LogP contribution in [0, 0.1) is 10.8 Å². The molecule has 6 heteroatoms.